The number of halogens is 3. The minimum Gasteiger partial charge on any atom is -0.480 e. The van der Waals surface area contributed by atoms with E-state index >= 15 is 0 Å². The Kier molecular flexibility index (Phi) is 7.45. The molecule has 1 aliphatic rings. The second-order valence-electron chi connectivity index (χ2n) is 6.40. The van der Waals surface area contributed by atoms with Gasteiger partial charge >= 0.3 is 12.0 Å². The number of rotatable bonds is 7. The summed E-state index contributed by atoms with van der Waals surface area (Å²) in [6.45, 7) is -1.12. The van der Waals surface area contributed by atoms with Gasteiger partial charge in [0.05, 0.1) is 13.7 Å². The summed E-state index contributed by atoms with van der Waals surface area (Å²) in [4.78, 5) is 48.4. The highest BCUT2D eigenvalue weighted by atomic mass is 127. The van der Waals surface area contributed by atoms with Crippen LogP contribution >= 0.6 is 38.5 Å². The molecule has 1 heterocycles. The van der Waals surface area contributed by atoms with Crippen LogP contribution in [-0.4, -0.2) is 47.0 Å². The fraction of sp³-hybridized carbons (Fsp3) is 0.100. The molecule has 1 saturated heterocycles. The molecule has 2 aromatic carbocycles. The van der Waals surface area contributed by atoms with Crippen molar-refractivity contribution in [1.82, 2.24) is 10.2 Å². The van der Waals surface area contributed by atoms with Crippen molar-refractivity contribution in [2.75, 3.05) is 18.5 Å². The molecule has 0 unspecified atom stereocenters. The Morgan fingerprint density at radius 3 is 2.66 bits per heavy atom. The third-order valence-corrected chi connectivity index (χ3v) is 5.47. The molecule has 0 bridgehead atoms. The first-order valence-electron chi connectivity index (χ1n) is 8.88. The van der Waals surface area contributed by atoms with E-state index in [0.717, 1.165) is 0 Å². The number of ether oxygens (including phenoxy) is 1. The summed E-state index contributed by atoms with van der Waals surface area (Å²) < 4.78 is 19.9. The van der Waals surface area contributed by atoms with Crippen molar-refractivity contribution < 1.29 is 33.4 Å². The zero-order valence-electron chi connectivity index (χ0n) is 16.0. The van der Waals surface area contributed by atoms with Crippen LogP contribution in [0.5, 0.6) is 5.75 Å². The van der Waals surface area contributed by atoms with Crippen molar-refractivity contribution in [3.05, 3.63) is 61.5 Å². The molecule has 0 radical (unpaired) electrons. The minimum absolute atomic E-state index is 0.0596. The van der Waals surface area contributed by atoms with Gasteiger partial charge in [-0.3, -0.25) is 9.59 Å². The number of nitrogens with one attached hydrogen (secondary N) is 2. The van der Waals surface area contributed by atoms with E-state index in [2.05, 4.69) is 26.6 Å². The van der Waals surface area contributed by atoms with Gasteiger partial charge in [0.2, 0.25) is 5.91 Å². The first kappa shape index (κ1) is 23.7. The number of benzene rings is 2. The number of para-hydroxylation sites is 1. The Balaban J connectivity index is 1.73. The van der Waals surface area contributed by atoms with E-state index in [1.165, 1.54) is 30.3 Å². The van der Waals surface area contributed by atoms with Gasteiger partial charge in [0, 0.05) is 0 Å². The average Bonchev–Trinajstić information content (AvgIpc) is 2.96. The van der Waals surface area contributed by atoms with Gasteiger partial charge in [-0.2, -0.15) is 0 Å². The van der Waals surface area contributed by atoms with Crippen LogP contribution in [0, 0.1) is 9.39 Å². The van der Waals surface area contributed by atoms with Crippen molar-refractivity contribution in [3.8, 4) is 5.75 Å². The van der Waals surface area contributed by atoms with Crippen LogP contribution in [0.2, 0.25) is 0 Å². The maximum absolute atomic E-state index is 13.7. The lowest BCUT2D eigenvalue weighted by Gasteiger charge is -2.12. The van der Waals surface area contributed by atoms with Crippen molar-refractivity contribution in [2.45, 2.75) is 0 Å². The number of imide groups is 1. The molecule has 0 atom stereocenters. The molecule has 12 heteroatoms. The number of aliphatic carboxylic acids is 1. The van der Waals surface area contributed by atoms with E-state index in [0.29, 0.717) is 24.3 Å². The van der Waals surface area contributed by atoms with Crippen molar-refractivity contribution in [3.63, 3.8) is 0 Å². The Morgan fingerprint density at radius 2 is 2.00 bits per heavy atom. The van der Waals surface area contributed by atoms with Gasteiger partial charge in [0.15, 0.2) is 6.61 Å². The summed E-state index contributed by atoms with van der Waals surface area (Å²) in [6, 6.07) is 7.94. The largest absolute Gasteiger partial charge is 0.480 e. The molecule has 0 spiro atoms. The number of carboxylic acids is 1. The molecule has 1 fully saturated rings. The van der Waals surface area contributed by atoms with Crippen molar-refractivity contribution >= 4 is 74.1 Å². The number of carboxylic acid groups (broad SMARTS) is 1. The Bertz CT molecular complexity index is 1130. The number of nitrogens with zero attached hydrogens (tertiary/aromatic N) is 1. The van der Waals surface area contributed by atoms with Crippen molar-refractivity contribution in [1.29, 1.82) is 0 Å². The van der Waals surface area contributed by atoms with Gasteiger partial charge in [-0.1, -0.05) is 12.1 Å². The molecule has 4 amide bonds. The van der Waals surface area contributed by atoms with Crippen LogP contribution in [0.3, 0.4) is 0 Å². The summed E-state index contributed by atoms with van der Waals surface area (Å²) in [6.07, 6.45) is 1.41. The van der Waals surface area contributed by atoms with Gasteiger partial charge in [-0.15, -0.1) is 0 Å². The molecule has 166 valence electrons. The summed E-state index contributed by atoms with van der Waals surface area (Å²) in [5, 5.41) is 13.5. The second kappa shape index (κ2) is 10.1. The van der Waals surface area contributed by atoms with Crippen LogP contribution in [0.25, 0.3) is 6.08 Å². The van der Waals surface area contributed by atoms with Crippen LogP contribution < -0.4 is 15.4 Å². The highest BCUT2D eigenvalue weighted by molar-refractivity contribution is 14.1. The average molecular weight is 618 g/mol. The molecule has 0 aliphatic carbocycles. The first-order valence-corrected chi connectivity index (χ1v) is 10.8. The molecule has 9 nitrogen and oxygen atoms in total. The van der Waals surface area contributed by atoms with E-state index in [1.807, 2.05) is 22.6 Å². The minimum atomic E-state index is -1.13. The Labute approximate surface area is 202 Å². The quantitative estimate of drug-likeness (QED) is 0.249. The molecule has 3 rings (SSSR count). The first-order chi connectivity index (χ1) is 15.2. The zero-order chi connectivity index (χ0) is 23.4. The van der Waals surface area contributed by atoms with E-state index in [9.17, 15) is 23.6 Å². The summed E-state index contributed by atoms with van der Waals surface area (Å²) in [7, 11) is 0. The molecule has 32 heavy (non-hydrogen) atoms. The molecular formula is C20H14BrFIN3O6. The van der Waals surface area contributed by atoms with E-state index in [4.69, 9.17) is 9.84 Å². The Morgan fingerprint density at radius 1 is 1.28 bits per heavy atom. The van der Waals surface area contributed by atoms with Gasteiger partial charge in [-0.25, -0.2) is 18.9 Å². The Hall–Kier alpha value is -3.00. The molecule has 3 N–H and O–H groups in total. The third-order valence-electron chi connectivity index (χ3n) is 4.08. The zero-order valence-corrected chi connectivity index (χ0v) is 19.8. The highest BCUT2D eigenvalue weighted by Crippen LogP contribution is 2.33. The van der Waals surface area contributed by atoms with Crippen LogP contribution in [-0.2, 0) is 14.4 Å². The number of anilines is 1. The second-order valence-corrected chi connectivity index (χ2v) is 8.42. The lowest BCUT2D eigenvalue weighted by Crippen LogP contribution is -2.38. The summed E-state index contributed by atoms with van der Waals surface area (Å²) in [5.74, 6) is -2.91. The topological polar surface area (TPSA) is 125 Å². The molecular weight excluding hydrogens is 604 g/mol. The van der Waals surface area contributed by atoms with Crippen LogP contribution in [0.15, 0.2) is 46.6 Å². The van der Waals surface area contributed by atoms with Gasteiger partial charge in [-0.05, 0) is 74.4 Å². The van der Waals surface area contributed by atoms with Gasteiger partial charge in [0.25, 0.3) is 5.91 Å². The number of carbonyl (C=O) groups excluding carboxylic acids is 3. The number of carbonyl (C=O) groups is 4. The predicted octanol–water partition coefficient (Wildman–Crippen LogP) is 3.19. The van der Waals surface area contributed by atoms with E-state index < -0.39 is 42.8 Å². The fourth-order valence-electron chi connectivity index (χ4n) is 2.71. The normalized spacial score (nSPS) is 14.5. The molecule has 0 aromatic heterocycles. The lowest BCUT2D eigenvalue weighted by atomic mass is 10.2. The molecule has 2 aromatic rings. The number of amides is 4. The fourth-order valence-corrected chi connectivity index (χ4v) is 4.48. The van der Waals surface area contributed by atoms with Gasteiger partial charge in [0.1, 0.15) is 23.8 Å². The monoisotopic (exact) mass is 617 g/mol. The number of hydrogen-bond donors (Lipinski definition) is 3. The smallest absolute Gasteiger partial charge is 0.341 e. The summed E-state index contributed by atoms with van der Waals surface area (Å²) in [5.41, 5.74) is 0.394. The van der Waals surface area contributed by atoms with E-state index in [-0.39, 0.29) is 11.4 Å². The highest BCUT2D eigenvalue weighted by Gasteiger charge is 2.35. The predicted molar refractivity (Wildman–Crippen MR) is 123 cm³/mol. The maximum atomic E-state index is 13.7. The lowest BCUT2D eigenvalue weighted by molar-refractivity contribution is -0.139. The van der Waals surface area contributed by atoms with Crippen LogP contribution in [0.1, 0.15) is 5.56 Å². The standard InChI is InChI=1S/C20H14BrFIN3O6/c21-11-5-10(6-13(23)18(11)32-9-17(28)29)7-15-19(30)26(20(31)25-15)8-16(27)24-14-4-2-1-3-12(14)22/h1-7H,8-9H2,(H,24,27)(H,25,31)(H,28,29)/b15-7+. The maximum Gasteiger partial charge on any atom is 0.341 e. The van der Waals surface area contributed by atoms with Gasteiger partial charge < -0.3 is 20.5 Å². The molecule has 1 aliphatic heterocycles. The number of urea groups is 1. The molecule has 0 saturated carbocycles. The third kappa shape index (κ3) is 5.62. The number of hydrogen-bond acceptors (Lipinski definition) is 5. The SMILES string of the molecule is O=C(O)COc1c(Br)cc(/C=C2/NC(=O)N(CC(=O)Nc3ccccc3F)C2=O)cc1I. The summed E-state index contributed by atoms with van der Waals surface area (Å²) >= 11 is 5.23. The van der Waals surface area contributed by atoms with Crippen LogP contribution in [0.4, 0.5) is 14.9 Å². The van der Waals surface area contributed by atoms with Crippen molar-refractivity contribution in [2.24, 2.45) is 0 Å². The van der Waals surface area contributed by atoms with E-state index in [1.54, 1.807) is 12.1 Å².